The summed E-state index contributed by atoms with van der Waals surface area (Å²) in [7, 11) is 0. The zero-order valence-electron chi connectivity index (χ0n) is 9.54. The number of benzene rings is 1. The van der Waals surface area contributed by atoms with E-state index in [1.165, 1.54) is 0 Å². The molecule has 1 saturated heterocycles. The highest BCUT2D eigenvalue weighted by atomic mass is 16.5. The van der Waals surface area contributed by atoms with Gasteiger partial charge in [0.1, 0.15) is 11.9 Å². The lowest BCUT2D eigenvalue weighted by Gasteiger charge is -2.12. The smallest absolute Gasteiger partial charge is 0.119 e. The van der Waals surface area contributed by atoms with Gasteiger partial charge in [0.15, 0.2) is 0 Å². The van der Waals surface area contributed by atoms with Crippen molar-refractivity contribution in [2.75, 3.05) is 13.1 Å². The van der Waals surface area contributed by atoms with E-state index >= 15 is 0 Å². The summed E-state index contributed by atoms with van der Waals surface area (Å²) in [5.74, 6) is 0.926. The Morgan fingerprint density at radius 1 is 1.29 bits per heavy atom. The molecule has 1 unspecified atom stereocenters. The monoisotopic (exact) mass is 229 g/mol. The van der Waals surface area contributed by atoms with Gasteiger partial charge in [-0.1, -0.05) is 0 Å². The summed E-state index contributed by atoms with van der Waals surface area (Å²) < 4.78 is 7.69. The molecule has 3 rings (SSSR count). The van der Waals surface area contributed by atoms with Crippen LogP contribution < -0.4 is 10.1 Å². The average Bonchev–Trinajstić information content (AvgIpc) is 3.01. The van der Waals surface area contributed by atoms with Gasteiger partial charge in [0.25, 0.3) is 0 Å². The second-order valence-electron chi connectivity index (χ2n) is 4.18. The van der Waals surface area contributed by atoms with Crippen LogP contribution >= 0.6 is 0 Å². The molecule has 1 N–H and O–H groups in total. The highest BCUT2D eigenvalue weighted by Gasteiger charge is 2.15. The van der Waals surface area contributed by atoms with E-state index in [2.05, 4.69) is 10.4 Å². The zero-order chi connectivity index (χ0) is 11.5. The molecule has 0 bridgehead atoms. The molecular weight excluding hydrogens is 214 g/mol. The fourth-order valence-corrected chi connectivity index (χ4v) is 2.02. The highest BCUT2D eigenvalue weighted by molar-refractivity contribution is 5.36. The van der Waals surface area contributed by atoms with E-state index in [-0.39, 0.29) is 0 Å². The summed E-state index contributed by atoms with van der Waals surface area (Å²) in [5, 5.41) is 7.47. The van der Waals surface area contributed by atoms with Gasteiger partial charge < -0.3 is 10.1 Å². The Kier molecular flexibility index (Phi) is 2.80. The van der Waals surface area contributed by atoms with Crippen molar-refractivity contribution in [3.8, 4) is 11.4 Å². The molecule has 0 aliphatic carbocycles. The van der Waals surface area contributed by atoms with Gasteiger partial charge in [0.2, 0.25) is 0 Å². The third-order valence-electron chi connectivity index (χ3n) is 2.92. The molecule has 1 aromatic carbocycles. The molecular formula is C13H15N3O. The van der Waals surface area contributed by atoms with Crippen molar-refractivity contribution in [2.24, 2.45) is 0 Å². The lowest BCUT2D eigenvalue weighted by molar-refractivity contribution is 0.223. The van der Waals surface area contributed by atoms with Crippen LogP contribution in [0.4, 0.5) is 0 Å². The molecule has 4 nitrogen and oxygen atoms in total. The van der Waals surface area contributed by atoms with Crippen LogP contribution in [0.1, 0.15) is 6.42 Å². The molecule has 1 aromatic heterocycles. The van der Waals surface area contributed by atoms with Crippen molar-refractivity contribution in [1.29, 1.82) is 0 Å². The predicted octanol–water partition coefficient (Wildman–Crippen LogP) is 1.61. The minimum Gasteiger partial charge on any atom is -0.489 e. The molecule has 17 heavy (non-hydrogen) atoms. The van der Waals surface area contributed by atoms with Gasteiger partial charge in [0, 0.05) is 18.9 Å². The summed E-state index contributed by atoms with van der Waals surface area (Å²) >= 11 is 0. The SMILES string of the molecule is c1cnn(-c2ccc(OC3CCNC3)cc2)c1. The van der Waals surface area contributed by atoms with Crippen molar-refractivity contribution in [3.05, 3.63) is 42.7 Å². The number of rotatable bonds is 3. The van der Waals surface area contributed by atoms with Crippen LogP contribution in [0.5, 0.6) is 5.75 Å². The zero-order valence-corrected chi connectivity index (χ0v) is 9.54. The lowest BCUT2D eigenvalue weighted by Crippen LogP contribution is -2.19. The van der Waals surface area contributed by atoms with Gasteiger partial charge in [-0.05, 0) is 43.3 Å². The Hall–Kier alpha value is -1.81. The summed E-state index contributed by atoms with van der Waals surface area (Å²) in [5.41, 5.74) is 1.05. The van der Waals surface area contributed by atoms with Gasteiger partial charge in [-0.3, -0.25) is 0 Å². The van der Waals surface area contributed by atoms with Gasteiger partial charge >= 0.3 is 0 Å². The molecule has 1 atom stereocenters. The highest BCUT2D eigenvalue weighted by Crippen LogP contribution is 2.17. The van der Waals surface area contributed by atoms with Crippen LogP contribution in [0.15, 0.2) is 42.7 Å². The number of hydrogen-bond donors (Lipinski definition) is 1. The molecule has 2 heterocycles. The van der Waals surface area contributed by atoms with Gasteiger partial charge in [-0.2, -0.15) is 5.10 Å². The molecule has 1 aliphatic heterocycles. The standard InChI is InChI=1S/C13H15N3O/c1-7-15-16(9-1)11-2-4-12(5-3-11)17-13-6-8-14-10-13/h1-5,7,9,13-14H,6,8,10H2. The van der Waals surface area contributed by atoms with Gasteiger partial charge in [-0.15, -0.1) is 0 Å². The normalized spacial score (nSPS) is 19.4. The van der Waals surface area contributed by atoms with Crippen molar-refractivity contribution < 1.29 is 4.74 Å². The molecule has 88 valence electrons. The van der Waals surface area contributed by atoms with Crippen LogP contribution in [0, 0.1) is 0 Å². The average molecular weight is 229 g/mol. The lowest BCUT2D eigenvalue weighted by atomic mass is 10.3. The first-order valence-corrected chi connectivity index (χ1v) is 5.89. The van der Waals surface area contributed by atoms with Crippen molar-refractivity contribution >= 4 is 0 Å². The molecule has 4 heteroatoms. The number of nitrogens with zero attached hydrogens (tertiary/aromatic N) is 2. The van der Waals surface area contributed by atoms with E-state index in [0.29, 0.717) is 6.10 Å². The predicted molar refractivity (Wildman–Crippen MR) is 65.5 cm³/mol. The Labute approximate surface area is 100 Å². The number of aromatic nitrogens is 2. The first-order chi connectivity index (χ1) is 8.42. The van der Waals surface area contributed by atoms with Gasteiger partial charge in [0.05, 0.1) is 5.69 Å². The second-order valence-corrected chi connectivity index (χ2v) is 4.18. The first-order valence-electron chi connectivity index (χ1n) is 5.89. The third kappa shape index (κ3) is 2.31. The maximum atomic E-state index is 5.86. The minimum absolute atomic E-state index is 0.311. The van der Waals surface area contributed by atoms with Crippen LogP contribution in [-0.2, 0) is 0 Å². The maximum Gasteiger partial charge on any atom is 0.119 e. The number of ether oxygens (including phenoxy) is 1. The van der Waals surface area contributed by atoms with Crippen LogP contribution in [0.2, 0.25) is 0 Å². The van der Waals surface area contributed by atoms with E-state index in [1.54, 1.807) is 6.20 Å². The molecule has 1 aliphatic rings. The Bertz CT molecular complexity index is 458. The Morgan fingerprint density at radius 2 is 2.18 bits per heavy atom. The molecule has 0 saturated carbocycles. The van der Waals surface area contributed by atoms with Crippen molar-refractivity contribution in [3.63, 3.8) is 0 Å². The van der Waals surface area contributed by atoms with E-state index in [4.69, 9.17) is 4.74 Å². The van der Waals surface area contributed by atoms with Crippen LogP contribution in [-0.4, -0.2) is 29.0 Å². The molecule has 0 amide bonds. The quantitative estimate of drug-likeness (QED) is 0.869. The molecule has 2 aromatic rings. The van der Waals surface area contributed by atoms with E-state index in [9.17, 15) is 0 Å². The van der Waals surface area contributed by atoms with E-state index in [1.807, 2.05) is 41.2 Å². The van der Waals surface area contributed by atoms with Crippen molar-refractivity contribution in [2.45, 2.75) is 12.5 Å². The molecule has 1 fully saturated rings. The summed E-state index contributed by atoms with van der Waals surface area (Å²) in [6.07, 6.45) is 5.09. The van der Waals surface area contributed by atoms with E-state index in [0.717, 1.165) is 30.9 Å². The first kappa shape index (κ1) is 10.4. The van der Waals surface area contributed by atoms with Gasteiger partial charge in [-0.25, -0.2) is 4.68 Å². The van der Waals surface area contributed by atoms with Crippen LogP contribution in [0.3, 0.4) is 0 Å². The summed E-state index contributed by atoms with van der Waals surface area (Å²) in [4.78, 5) is 0. The minimum atomic E-state index is 0.311. The fraction of sp³-hybridized carbons (Fsp3) is 0.308. The van der Waals surface area contributed by atoms with E-state index < -0.39 is 0 Å². The topological polar surface area (TPSA) is 39.1 Å². The van der Waals surface area contributed by atoms with Crippen molar-refractivity contribution in [1.82, 2.24) is 15.1 Å². The largest absolute Gasteiger partial charge is 0.489 e. The molecule has 0 spiro atoms. The Balaban J connectivity index is 1.71. The number of nitrogens with one attached hydrogen (secondary N) is 1. The Morgan fingerprint density at radius 3 is 2.82 bits per heavy atom. The maximum absolute atomic E-state index is 5.86. The van der Waals surface area contributed by atoms with Crippen LogP contribution in [0.25, 0.3) is 5.69 Å². The fourth-order valence-electron chi connectivity index (χ4n) is 2.02. The number of hydrogen-bond acceptors (Lipinski definition) is 3. The summed E-state index contributed by atoms with van der Waals surface area (Å²) in [6, 6.07) is 9.94. The summed E-state index contributed by atoms with van der Waals surface area (Å²) in [6.45, 7) is 2.00. The second kappa shape index (κ2) is 4.59. The third-order valence-corrected chi connectivity index (χ3v) is 2.92. The molecule has 0 radical (unpaired) electrons.